The lowest BCUT2D eigenvalue weighted by Crippen LogP contribution is -2.28. The fourth-order valence-corrected chi connectivity index (χ4v) is 4.24. The lowest BCUT2D eigenvalue weighted by atomic mass is 9.98. The summed E-state index contributed by atoms with van der Waals surface area (Å²) in [4.78, 5) is 30.5. The second-order valence-corrected chi connectivity index (χ2v) is 8.70. The number of nitrogens with zero attached hydrogens (tertiary/aromatic N) is 3. The van der Waals surface area contributed by atoms with Crippen molar-refractivity contribution >= 4 is 34.0 Å². The fraction of sp³-hybridized carbons (Fsp3) is 0.250. The smallest absolute Gasteiger partial charge is 0.243 e. The minimum atomic E-state index is -0.236. The Morgan fingerprint density at radius 1 is 1.12 bits per heavy atom. The molecule has 1 aliphatic heterocycles. The van der Waals surface area contributed by atoms with Gasteiger partial charge in [-0.05, 0) is 30.2 Å². The van der Waals surface area contributed by atoms with Gasteiger partial charge in [0.15, 0.2) is 5.13 Å². The summed E-state index contributed by atoms with van der Waals surface area (Å²) in [5.41, 5.74) is 2.80. The van der Waals surface area contributed by atoms with Gasteiger partial charge in [0.05, 0.1) is 18.9 Å². The largest absolute Gasteiger partial charge is 0.497 e. The molecule has 3 aromatic rings. The van der Waals surface area contributed by atoms with Crippen molar-refractivity contribution in [1.29, 1.82) is 0 Å². The van der Waals surface area contributed by atoms with Gasteiger partial charge in [-0.2, -0.15) is 5.10 Å². The summed E-state index contributed by atoms with van der Waals surface area (Å²) in [6, 6.07) is 17.3. The monoisotopic (exact) mass is 448 g/mol. The maximum absolute atomic E-state index is 13.1. The highest BCUT2D eigenvalue weighted by molar-refractivity contribution is 7.15. The lowest BCUT2D eigenvalue weighted by molar-refractivity contribution is -0.134. The molecule has 2 aromatic carbocycles. The molecule has 0 aliphatic carbocycles. The summed E-state index contributed by atoms with van der Waals surface area (Å²) < 4.78 is 5.25. The van der Waals surface area contributed by atoms with Crippen LogP contribution in [0.15, 0.2) is 65.9 Å². The van der Waals surface area contributed by atoms with E-state index in [2.05, 4.69) is 15.4 Å². The SMILES string of the molecule is COc1ccc(C2CC(c3ccccc3)=NN2C(=O)CCC(=O)Nc2ncc(C)s2)cc1. The van der Waals surface area contributed by atoms with E-state index in [-0.39, 0.29) is 30.7 Å². The van der Waals surface area contributed by atoms with E-state index in [1.165, 1.54) is 16.3 Å². The number of aromatic nitrogens is 1. The van der Waals surface area contributed by atoms with Crippen LogP contribution in [0.4, 0.5) is 5.13 Å². The maximum Gasteiger partial charge on any atom is 0.243 e. The number of hydrazone groups is 1. The number of thiazole rings is 1. The first kappa shape index (κ1) is 21.7. The predicted molar refractivity (Wildman–Crippen MR) is 125 cm³/mol. The Labute approximate surface area is 190 Å². The van der Waals surface area contributed by atoms with Gasteiger partial charge in [0.25, 0.3) is 0 Å². The van der Waals surface area contributed by atoms with Gasteiger partial charge in [-0.3, -0.25) is 9.59 Å². The van der Waals surface area contributed by atoms with Gasteiger partial charge < -0.3 is 10.1 Å². The molecule has 1 unspecified atom stereocenters. The van der Waals surface area contributed by atoms with Crippen molar-refractivity contribution in [1.82, 2.24) is 9.99 Å². The summed E-state index contributed by atoms with van der Waals surface area (Å²) in [6.45, 7) is 1.92. The number of aryl methyl sites for hydroxylation is 1. The van der Waals surface area contributed by atoms with Crippen LogP contribution >= 0.6 is 11.3 Å². The Bertz CT molecular complexity index is 1130. The second-order valence-electron chi connectivity index (χ2n) is 7.47. The van der Waals surface area contributed by atoms with E-state index in [9.17, 15) is 9.59 Å². The van der Waals surface area contributed by atoms with Crippen LogP contribution in [-0.2, 0) is 9.59 Å². The Balaban J connectivity index is 1.49. The van der Waals surface area contributed by atoms with E-state index >= 15 is 0 Å². The molecule has 0 spiro atoms. The van der Waals surface area contributed by atoms with Crippen molar-refractivity contribution in [3.05, 3.63) is 76.8 Å². The Hall–Kier alpha value is -3.52. The molecule has 1 aliphatic rings. The molecule has 1 N–H and O–H groups in total. The first-order valence-electron chi connectivity index (χ1n) is 10.3. The van der Waals surface area contributed by atoms with Crippen LogP contribution in [0.25, 0.3) is 0 Å². The van der Waals surface area contributed by atoms with Gasteiger partial charge in [0, 0.05) is 30.3 Å². The van der Waals surface area contributed by atoms with Crippen LogP contribution in [0.3, 0.4) is 0 Å². The fourth-order valence-electron chi connectivity index (χ4n) is 3.56. The van der Waals surface area contributed by atoms with Gasteiger partial charge in [0.2, 0.25) is 11.8 Å². The van der Waals surface area contributed by atoms with Crippen molar-refractivity contribution in [2.75, 3.05) is 12.4 Å². The summed E-state index contributed by atoms with van der Waals surface area (Å²) in [5, 5.41) is 9.46. The molecule has 1 atom stereocenters. The average molecular weight is 449 g/mol. The van der Waals surface area contributed by atoms with E-state index < -0.39 is 0 Å². The zero-order chi connectivity index (χ0) is 22.5. The highest BCUT2D eigenvalue weighted by Crippen LogP contribution is 2.34. The minimum Gasteiger partial charge on any atom is -0.497 e. The van der Waals surface area contributed by atoms with Crippen molar-refractivity contribution < 1.29 is 14.3 Å². The van der Waals surface area contributed by atoms with Crippen LogP contribution < -0.4 is 10.1 Å². The van der Waals surface area contributed by atoms with Crippen LogP contribution in [0, 0.1) is 6.92 Å². The van der Waals surface area contributed by atoms with E-state index in [0.29, 0.717) is 11.6 Å². The molecule has 164 valence electrons. The van der Waals surface area contributed by atoms with Crippen molar-refractivity contribution in [2.45, 2.75) is 32.2 Å². The minimum absolute atomic E-state index is 0.0639. The standard InChI is InChI=1S/C24H24N4O3S/c1-16-15-25-24(32-16)26-22(29)12-13-23(30)28-21(18-8-10-19(31-2)11-9-18)14-20(27-28)17-6-4-3-5-7-17/h3-11,15,21H,12-14H2,1-2H3,(H,25,26,29). The Morgan fingerprint density at radius 2 is 1.88 bits per heavy atom. The van der Waals surface area contributed by atoms with E-state index in [0.717, 1.165) is 27.5 Å². The molecule has 4 rings (SSSR count). The zero-order valence-corrected chi connectivity index (χ0v) is 18.8. The molecular formula is C24H24N4O3S. The van der Waals surface area contributed by atoms with Gasteiger partial charge in [-0.15, -0.1) is 11.3 Å². The molecule has 0 saturated carbocycles. The molecule has 2 amide bonds. The Kier molecular flexibility index (Phi) is 6.61. The van der Waals surface area contributed by atoms with Gasteiger partial charge in [-0.25, -0.2) is 9.99 Å². The van der Waals surface area contributed by atoms with Crippen LogP contribution in [-0.4, -0.2) is 34.6 Å². The topological polar surface area (TPSA) is 83.9 Å². The number of benzene rings is 2. The van der Waals surface area contributed by atoms with E-state index in [1.807, 2.05) is 61.5 Å². The van der Waals surface area contributed by atoms with E-state index in [4.69, 9.17) is 4.74 Å². The number of carbonyl (C=O) groups is 2. The third kappa shape index (κ3) is 5.03. The molecule has 0 radical (unpaired) electrons. The quantitative estimate of drug-likeness (QED) is 0.574. The number of nitrogens with one attached hydrogen (secondary N) is 1. The third-order valence-electron chi connectivity index (χ3n) is 5.21. The molecule has 0 fully saturated rings. The van der Waals surface area contributed by atoms with Crippen molar-refractivity contribution in [2.24, 2.45) is 5.10 Å². The van der Waals surface area contributed by atoms with E-state index in [1.54, 1.807) is 13.3 Å². The van der Waals surface area contributed by atoms with Gasteiger partial charge in [0.1, 0.15) is 5.75 Å². The number of rotatable bonds is 7. The maximum atomic E-state index is 13.1. The summed E-state index contributed by atoms with van der Waals surface area (Å²) in [6.07, 6.45) is 2.44. The zero-order valence-electron chi connectivity index (χ0n) is 17.9. The average Bonchev–Trinajstić information content (AvgIpc) is 3.44. The predicted octanol–water partition coefficient (Wildman–Crippen LogP) is 4.56. The molecule has 7 nitrogen and oxygen atoms in total. The lowest BCUT2D eigenvalue weighted by Gasteiger charge is -2.22. The summed E-state index contributed by atoms with van der Waals surface area (Å²) in [5.74, 6) is 0.324. The van der Waals surface area contributed by atoms with Gasteiger partial charge in [-0.1, -0.05) is 42.5 Å². The number of amides is 2. The second kappa shape index (κ2) is 9.74. The normalized spacial score (nSPS) is 15.4. The Morgan fingerprint density at radius 3 is 2.53 bits per heavy atom. The summed E-state index contributed by atoms with van der Waals surface area (Å²) >= 11 is 1.40. The van der Waals surface area contributed by atoms with Crippen LogP contribution in [0.5, 0.6) is 5.75 Å². The van der Waals surface area contributed by atoms with Crippen molar-refractivity contribution in [3.63, 3.8) is 0 Å². The molecule has 32 heavy (non-hydrogen) atoms. The number of hydrogen-bond donors (Lipinski definition) is 1. The first-order valence-corrected chi connectivity index (χ1v) is 11.2. The first-order chi connectivity index (χ1) is 15.5. The molecule has 1 aromatic heterocycles. The number of anilines is 1. The van der Waals surface area contributed by atoms with Crippen molar-refractivity contribution in [3.8, 4) is 5.75 Å². The number of hydrogen-bond acceptors (Lipinski definition) is 6. The number of carbonyl (C=O) groups excluding carboxylic acids is 2. The molecular weight excluding hydrogens is 424 g/mol. The van der Waals surface area contributed by atoms with Gasteiger partial charge >= 0.3 is 0 Å². The molecule has 0 saturated heterocycles. The number of ether oxygens (including phenoxy) is 1. The third-order valence-corrected chi connectivity index (χ3v) is 6.04. The number of methoxy groups -OCH3 is 1. The van der Waals surface area contributed by atoms with Crippen LogP contribution in [0.2, 0.25) is 0 Å². The molecule has 0 bridgehead atoms. The highest BCUT2D eigenvalue weighted by Gasteiger charge is 2.33. The molecule has 2 heterocycles. The highest BCUT2D eigenvalue weighted by atomic mass is 32.1. The molecule has 8 heteroatoms. The van der Waals surface area contributed by atoms with Crippen LogP contribution in [0.1, 0.15) is 41.3 Å². The summed E-state index contributed by atoms with van der Waals surface area (Å²) in [7, 11) is 1.62.